The van der Waals surface area contributed by atoms with Gasteiger partial charge in [0.1, 0.15) is 6.54 Å². The Morgan fingerprint density at radius 1 is 1.07 bits per heavy atom. The molecule has 0 bridgehead atoms. The fourth-order valence-corrected chi connectivity index (χ4v) is 3.64. The highest BCUT2D eigenvalue weighted by Crippen LogP contribution is 2.28. The van der Waals surface area contributed by atoms with E-state index in [2.05, 4.69) is 10.5 Å². The van der Waals surface area contributed by atoms with Crippen molar-refractivity contribution < 1.29 is 13.2 Å². The number of amides is 1. The van der Waals surface area contributed by atoms with Crippen LogP contribution in [0.4, 0.5) is 5.69 Å². The molecule has 2 aromatic rings. The maximum Gasteiger partial charge on any atom is 0.260 e. The van der Waals surface area contributed by atoms with E-state index in [4.69, 9.17) is 46.4 Å². The molecular formula is C16H13Cl4N3O3S. The molecule has 6 nitrogen and oxygen atoms in total. The minimum Gasteiger partial charge on any atom is -0.271 e. The molecule has 0 saturated carbocycles. The van der Waals surface area contributed by atoms with Crippen LogP contribution >= 0.6 is 46.4 Å². The Bertz CT molecular complexity index is 976. The minimum atomic E-state index is -3.76. The highest BCUT2D eigenvalue weighted by atomic mass is 35.5. The number of hydrogen-bond donors (Lipinski definition) is 1. The van der Waals surface area contributed by atoms with Crippen molar-refractivity contribution in [3.05, 3.63) is 62.1 Å². The molecule has 27 heavy (non-hydrogen) atoms. The van der Waals surface area contributed by atoms with Crippen LogP contribution in [0.2, 0.25) is 20.1 Å². The summed E-state index contributed by atoms with van der Waals surface area (Å²) in [5, 5.41) is 4.90. The zero-order valence-corrected chi connectivity index (χ0v) is 17.6. The topological polar surface area (TPSA) is 78.8 Å². The van der Waals surface area contributed by atoms with Crippen molar-refractivity contribution in [3.63, 3.8) is 0 Å². The number of hydrogen-bond acceptors (Lipinski definition) is 4. The lowest BCUT2D eigenvalue weighted by Gasteiger charge is -2.21. The van der Waals surface area contributed by atoms with E-state index in [0.29, 0.717) is 15.6 Å². The van der Waals surface area contributed by atoms with Crippen LogP contribution in [0.15, 0.2) is 41.5 Å². The van der Waals surface area contributed by atoms with Gasteiger partial charge in [-0.3, -0.25) is 9.10 Å². The smallest absolute Gasteiger partial charge is 0.260 e. The van der Waals surface area contributed by atoms with Gasteiger partial charge in [-0.25, -0.2) is 13.8 Å². The van der Waals surface area contributed by atoms with Gasteiger partial charge in [-0.15, -0.1) is 0 Å². The molecule has 0 unspecified atom stereocenters. The predicted octanol–water partition coefficient (Wildman–Crippen LogP) is 4.22. The fraction of sp³-hybridized carbons (Fsp3) is 0.125. The van der Waals surface area contributed by atoms with Gasteiger partial charge in [0.15, 0.2) is 0 Å². The third-order valence-electron chi connectivity index (χ3n) is 3.26. The van der Waals surface area contributed by atoms with Gasteiger partial charge in [0.05, 0.1) is 38.2 Å². The number of carbonyl (C=O) groups is 1. The summed E-state index contributed by atoms with van der Waals surface area (Å²) in [6, 6.07) is 9.13. The molecule has 0 atom stereocenters. The van der Waals surface area contributed by atoms with E-state index in [-0.39, 0.29) is 15.7 Å². The van der Waals surface area contributed by atoms with Gasteiger partial charge in [0.2, 0.25) is 10.0 Å². The zero-order valence-electron chi connectivity index (χ0n) is 13.8. The largest absolute Gasteiger partial charge is 0.271 e. The van der Waals surface area contributed by atoms with Crippen molar-refractivity contribution in [1.29, 1.82) is 0 Å². The van der Waals surface area contributed by atoms with Crippen molar-refractivity contribution >= 4 is 74.2 Å². The predicted molar refractivity (Wildman–Crippen MR) is 111 cm³/mol. The number of carbonyl (C=O) groups excluding carboxylic acids is 1. The summed E-state index contributed by atoms with van der Waals surface area (Å²) in [7, 11) is -3.76. The van der Waals surface area contributed by atoms with Crippen molar-refractivity contribution in [2.75, 3.05) is 17.1 Å². The average Bonchev–Trinajstić information content (AvgIpc) is 2.57. The van der Waals surface area contributed by atoms with Crippen LogP contribution in [0.5, 0.6) is 0 Å². The van der Waals surface area contributed by atoms with E-state index in [0.717, 1.165) is 10.6 Å². The number of halogens is 4. The summed E-state index contributed by atoms with van der Waals surface area (Å²) in [4.78, 5) is 12.1. The fourth-order valence-electron chi connectivity index (χ4n) is 2.01. The Balaban J connectivity index is 2.15. The van der Waals surface area contributed by atoms with Crippen LogP contribution in [0.1, 0.15) is 5.56 Å². The van der Waals surface area contributed by atoms with Gasteiger partial charge in [0.25, 0.3) is 5.91 Å². The highest BCUT2D eigenvalue weighted by Gasteiger charge is 2.21. The lowest BCUT2D eigenvalue weighted by atomic mass is 10.2. The summed E-state index contributed by atoms with van der Waals surface area (Å²) in [6.07, 6.45) is 2.24. The first kappa shape index (κ1) is 21.8. The Morgan fingerprint density at radius 2 is 1.70 bits per heavy atom. The highest BCUT2D eigenvalue weighted by molar-refractivity contribution is 7.92. The van der Waals surface area contributed by atoms with E-state index >= 15 is 0 Å². The van der Waals surface area contributed by atoms with Crippen molar-refractivity contribution in [1.82, 2.24) is 5.43 Å². The van der Waals surface area contributed by atoms with E-state index < -0.39 is 22.5 Å². The molecule has 0 fully saturated rings. The monoisotopic (exact) mass is 467 g/mol. The average molecular weight is 469 g/mol. The second-order valence-corrected chi connectivity index (χ2v) is 8.83. The maximum atomic E-state index is 12.1. The Morgan fingerprint density at radius 3 is 2.26 bits per heavy atom. The molecule has 11 heteroatoms. The quantitative estimate of drug-likeness (QED) is 0.509. The lowest BCUT2D eigenvalue weighted by molar-refractivity contribution is -0.119. The molecule has 0 aliphatic heterocycles. The minimum absolute atomic E-state index is 0.162. The van der Waals surface area contributed by atoms with Crippen LogP contribution in [0, 0.1) is 0 Å². The number of benzene rings is 2. The summed E-state index contributed by atoms with van der Waals surface area (Å²) in [6.45, 7) is -0.510. The lowest BCUT2D eigenvalue weighted by Crippen LogP contribution is -2.39. The van der Waals surface area contributed by atoms with Gasteiger partial charge in [-0.1, -0.05) is 52.5 Å². The van der Waals surface area contributed by atoms with Gasteiger partial charge in [-0.05, 0) is 30.3 Å². The van der Waals surface area contributed by atoms with E-state index in [1.165, 1.54) is 24.4 Å². The first-order valence-corrected chi connectivity index (χ1v) is 10.6. The van der Waals surface area contributed by atoms with Crippen LogP contribution in [0.25, 0.3) is 0 Å². The van der Waals surface area contributed by atoms with Crippen LogP contribution in [-0.2, 0) is 14.8 Å². The maximum absolute atomic E-state index is 12.1. The Labute approximate surface area is 176 Å². The molecule has 2 rings (SSSR count). The van der Waals surface area contributed by atoms with Gasteiger partial charge in [-0.2, -0.15) is 5.10 Å². The van der Waals surface area contributed by atoms with Gasteiger partial charge < -0.3 is 0 Å². The van der Waals surface area contributed by atoms with E-state index in [1.54, 1.807) is 18.2 Å². The van der Waals surface area contributed by atoms with Gasteiger partial charge >= 0.3 is 0 Å². The molecule has 2 aromatic carbocycles. The Kier molecular flexibility index (Phi) is 7.36. The summed E-state index contributed by atoms with van der Waals surface area (Å²) in [5.41, 5.74) is 2.85. The molecule has 0 spiro atoms. The Hall–Kier alpha value is -1.51. The second kappa shape index (κ2) is 9.12. The van der Waals surface area contributed by atoms with Crippen LogP contribution in [0.3, 0.4) is 0 Å². The van der Waals surface area contributed by atoms with E-state index in [1.807, 2.05) is 0 Å². The number of hydrazone groups is 1. The van der Waals surface area contributed by atoms with Crippen molar-refractivity contribution in [2.24, 2.45) is 5.10 Å². The van der Waals surface area contributed by atoms with Gasteiger partial charge in [0, 0.05) is 5.56 Å². The summed E-state index contributed by atoms with van der Waals surface area (Å²) >= 11 is 23.8. The first-order chi connectivity index (χ1) is 12.6. The molecule has 1 N–H and O–H groups in total. The molecule has 0 aliphatic carbocycles. The zero-order chi connectivity index (χ0) is 20.2. The molecule has 0 heterocycles. The third kappa shape index (κ3) is 5.99. The summed E-state index contributed by atoms with van der Waals surface area (Å²) < 4.78 is 25.0. The molecule has 0 aliphatic rings. The number of rotatable bonds is 6. The normalized spacial score (nSPS) is 11.6. The summed E-state index contributed by atoms with van der Waals surface area (Å²) in [5.74, 6) is -0.675. The molecule has 0 aromatic heterocycles. The number of nitrogens with one attached hydrogen (secondary N) is 1. The van der Waals surface area contributed by atoms with Crippen molar-refractivity contribution in [2.45, 2.75) is 0 Å². The van der Waals surface area contributed by atoms with E-state index in [9.17, 15) is 13.2 Å². The van der Waals surface area contributed by atoms with Crippen molar-refractivity contribution in [3.8, 4) is 0 Å². The molecule has 1 amide bonds. The number of nitrogens with zero attached hydrogens (tertiary/aromatic N) is 2. The van der Waals surface area contributed by atoms with Crippen LogP contribution in [-0.4, -0.2) is 33.3 Å². The third-order valence-corrected chi connectivity index (χ3v) is 5.80. The standard InChI is InChI=1S/C16H13Cl4N3O3S/c1-27(25,26)23(10-5-6-14(19)15(20)7-10)9-16(24)22-21-8-11-12(17)3-2-4-13(11)18/h2-8H,9H2,1H3,(H,22,24)/b21-8-. The molecule has 144 valence electrons. The molecule has 0 radical (unpaired) electrons. The SMILES string of the molecule is CS(=O)(=O)N(CC(=O)N/N=C\c1c(Cl)cccc1Cl)c1ccc(Cl)c(Cl)c1. The van der Waals surface area contributed by atoms with Crippen LogP contribution < -0.4 is 9.73 Å². The first-order valence-electron chi connectivity index (χ1n) is 7.28. The second-order valence-electron chi connectivity index (χ2n) is 5.30. The number of sulfonamides is 1. The molecular weight excluding hydrogens is 456 g/mol. The number of anilines is 1. The molecule has 0 saturated heterocycles.